The van der Waals surface area contributed by atoms with Gasteiger partial charge in [-0.3, -0.25) is 10.3 Å². The van der Waals surface area contributed by atoms with Crippen molar-refractivity contribution in [1.29, 1.82) is 5.41 Å². The third-order valence-corrected chi connectivity index (χ3v) is 3.33. The number of fused-ring (bicyclic) bond motifs is 2. The highest BCUT2D eigenvalue weighted by Gasteiger charge is 2.44. The Morgan fingerprint density at radius 3 is 2.29 bits per heavy atom. The fourth-order valence-corrected chi connectivity index (χ4v) is 2.48. The number of hydrogen-bond acceptors (Lipinski definition) is 3. The molecule has 7 heteroatoms. The summed E-state index contributed by atoms with van der Waals surface area (Å²) in [4.78, 5) is 1.71. The normalized spacial score (nSPS) is 31.5. The molecule has 2 rings (SSSR count). The summed E-state index contributed by atoms with van der Waals surface area (Å²) >= 11 is 0. The minimum atomic E-state index is -4.44. The lowest BCUT2D eigenvalue weighted by Crippen LogP contribution is -2.49. The number of ether oxygens (including phenoxy) is 1. The molecule has 2 heterocycles. The molecule has 2 aliphatic rings. The minimum Gasteiger partial charge on any atom is -0.387 e. The van der Waals surface area contributed by atoms with Gasteiger partial charge in [-0.15, -0.1) is 0 Å². The molecular weight excluding hydrogens is 235 g/mol. The monoisotopic (exact) mass is 251 g/mol. The van der Waals surface area contributed by atoms with E-state index >= 15 is 0 Å². The number of rotatable bonds is 3. The Morgan fingerprint density at radius 1 is 1.35 bits per heavy atom. The molecule has 3 unspecified atom stereocenters. The Balaban J connectivity index is 1.97. The quantitative estimate of drug-likeness (QED) is 0.580. The van der Waals surface area contributed by atoms with Gasteiger partial charge < -0.3 is 10.5 Å². The van der Waals surface area contributed by atoms with Gasteiger partial charge in [-0.2, -0.15) is 13.2 Å². The zero-order valence-corrected chi connectivity index (χ0v) is 9.33. The predicted molar refractivity (Wildman–Crippen MR) is 55.8 cm³/mol. The first-order valence-corrected chi connectivity index (χ1v) is 5.64. The number of alkyl halides is 3. The van der Waals surface area contributed by atoms with E-state index in [9.17, 15) is 13.2 Å². The van der Waals surface area contributed by atoms with Crippen LogP contribution in [0.5, 0.6) is 0 Å². The van der Waals surface area contributed by atoms with Gasteiger partial charge in [0.25, 0.3) is 0 Å². The summed E-state index contributed by atoms with van der Waals surface area (Å²) in [5.74, 6) is -2.67. The van der Waals surface area contributed by atoms with Gasteiger partial charge in [0.2, 0.25) is 0 Å². The van der Waals surface area contributed by atoms with Crippen molar-refractivity contribution in [1.82, 2.24) is 4.90 Å². The number of hydrogen-bond donors (Lipinski definition) is 2. The fourth-order valence-electron chi connectivity index (χ4n) is 2.48. The van der Waals surface area contributed by atoms with Crippen LogP contribution in [0.25, 0.3) is 0 Å². The van der Waals surface area contributed by atoms with Crippen molar-refractivity contribution in [3.63, 3.8) is 0 Å². The number of amidine groups is 1. The summed E-state index contributed by atoms with van der Waals surface area (Å²) in [5.41, 5.74) is 5.03. The van der Waals surface area contributed by atoms with Crippen LogP contribution in [0.4, 0.5) is 13.2 Å². The first kappa shape index (κ1) is 12.6. The topological polar surface area (TPSA) is 62.3 Å². The molecular formula is C10H16F3N3O. The zero-order chi connectivity index (χ0) is 12.6. The highest BCUT2D eigenvalue weighted by Crippen LogP contribution is 2.30. The molecule has 0 aromatic heterocycles. The van der Waals surface area contributed by atoms with Gasteiger partial charge in [0, 0.05) is 19.6 Å². The average Bonchev–Trinajstić information content (AvgIpc) is 2.52. The van der Waals surface area contributed by atoms with Crippen LogP contribution in [0.2, 0.25) is 0 Å². The van der Waals surface area contributed by atoms with E-state index in [1.807, 2.05) is 0 Å². The molecule has 0 radical (unpaired) electrons. The average molecular weight is 251 g/mol. The number of halogens is 3. The van der Waals surface area contributed by atoms with Gasteiger partial charge in [-0.25, -0.2) is 0 Å². The third-order valence-electron chi connectivity index (χ3n) is 3.33. The Hall–Kier alpha value is -0.820. The Morgan fingerprint density at radius 2 is 1.88 bits per heavy atom. The zero-order valence-electron chi connectivity index (χ0n) is 9.33. The van der Waals surface area contributed by atoms with Crippen LogP contribution in [0.3, 0.4) is 0 Å². The summed E-state index contributed by atoms with van der Waals surface area (Å²) in [7, 11) is 0. The molecule has 0 aromatic rings. The SMILES string of the molecule is N=C(N)C(CN1CC2CCC(C1)O2)C(F)(F)F. The van der Waals surface area contributed by atoms with E-state index in [4.69, 9.17) is 15.9 Å². The standard InChI is InChI=1S/C10H16F3N3O/c11-10(12,13)8(9(14)15)5-16-3-6-1-2-7(4-16)17-6/h6-8H,1-5H2,(H3,14,15). The Kier molecular flexibility index (Phi) is 3.31. The molecule has 2 saturated heterocycles. The first-order chi connectivity index (χ1) is 7.86. The van der Waals surface area contributed by atoms with Gasteiger partial charge in [-0.05, 0) is 12.8 Å². The van der Waals surface area contributed by atoms with Crippen LogP contribution in [0, 0.1) is 11.3 Å². The molecule has 0 amide bonds. The van der Waals surface area contributed by atoms with Crippen LogP contribution < -0.4 is 5.73 Å². The number of nitrogens with two attached hydrogens (primary N) is 1. The lowest BCUT2D eigenvalue weighted by Gasteiger charge is -2.34. The van der Waals surface area contributed by atoms with Crippen molar-refractivity contribution in [2.24, 2.45) is 11.7 Å². The largest absolute Gasteiger partial charge is 0.399 e. The molecule has 0 aliphatic carbocycles. The van der Waals surface area contributed by atoms with Crippen LogP contribution in [-0.4, -0.2) is 48.8 Å². The van der Waals surface area contributed by atoms with Crippen molar-refractivity contribution in [2.75, 3.05) is 19.6 Å². The molecule has 2 bridgehead atoms. The molecule has 2 aliphatic heterocycles. The molecule has 0 spiro atoms. The van der Waals surface area contributed by atoms with Crippen molar-refractivity contribution in [2.45, 2.75) is 31.2 Å². The lowest BCUT2D eigenvalue weighted by atomic mass is 10.1. The second kappa shape index (κ2) is 4.45. The summed E-state index contributed by atoms with van der Waals surface area (Å²) in [5, 5.41) is 7.04. The smallest absolute Gasteiger partial charge is 0.387 e. The maximum absolute atomic E-state index is 12.7. The maximum Gasteiger partial charge on any atom is 0.399 e. The molecule has 0 saturated carbocycles. The van der Waals surface area contributed by atoms with Crippen LogP contribution in [-0.2, 0) is 4.74 Å². The second-order valence-electron chi connectivity index (χ2n) is 4.73. The van der Waals surface area contributed by atoms with Gasteiger partial charge in [-0.1, -0.05) is 0 Å². The van der Waals surface area contributed by atoms with E-state index in [-0.39, 0.29) is 18.8 Å². The summed E-state index contributed by atoms with van der Waals surface area (Å²) in [6, 6.07) is 0. The van der Waals surface area contributed by atoms with Gasteiger partial charge in [0.1, 0.15) is 11.8 Å². The maximum atomic E-state index is 12.7. The van der Waals surface area contributed by atoms with Crippen LogP contribution >= 0.6 is 0 Å². The van der Waals surface area contributed by atoms with Crippen molar-refractivity contribution < 1.29 is 17.9 Å². The first-order valence-electron chi connectivity index (χ1n) is 5.64. The van der Waals surface area contributed by atoms with E-state index in [0.29, 0.717) is 13.1 Å². The summed E-state index contributed by atoms with van der Waals surface area (Å²) in [6.07, 6.45) is -2.51. The van der Waals surface area contributed by atoms with E-state index in [1.165, 1.54) is 0 Å². The third kappa shape index (κ3) is 2.90. The predicted octanol–water partition coefficient (Wildman–Crippen LogP) is 0.964. The van der Waals surface area contributed by atoms with E-state index in [2.05, 4.69) is 0 Å². The van der Waals surface area contributed by atoms with Crippen LogP contribution in [0.1, 0.15) is 12.8 Å². The van der Waals surface area contributed by atoms with E-state index in [0.717, 1.165) is 12.8 Å². The van der Waals surface area contributed by atoms with Crippen molar-refractivity contribution >= 4 is 5.84 Å². The van der Waals surface area contributed by atoms with Gasteiger partial charge >= 0.3 is 6.18 Å². The highest BCUT2D eigenvalue weighted by molar-refractivity contribution is 5.80. The summed E-state index contributed by atoms with van der Waals surface area (Å²) < 4.78 is 43.5. The number of likely N-dealkylation sites (tertiary alicyclic amines) is 1. The van der Waals surface area contributed by atoms with Gasteiger partial charge in [0.15, 0.2) is 0 Å². The van der Waals surface area contributed by atoms with Gasteiger partial charge in [0.05, 0.1) is 12.2 Å². The molecule has 17 heavy (non-hydrogen) atoms. The highest BCUT2D eigenvalue weighted by atomic mass is 19.4. The van der Waals surface area contributed by atoms with Crippen molar-refractivity contribution in [3.05, 3.63) is 0 Å². The molecule has 2 fully saturated rings. The second-order valence-corrected chi connectivity index (χ2v) is 4.73. The molecule has 3 atom stereocenters. The van der Waals surface area contributed by atoms with Crippen LogP contribution in [0.15, 0.2) is 0 Å². The lowest BCUT2D eigenvalue weighted by molar-refractivity contribution is -0.164. The number of nitrogens with one attached hydrogen (secondary N) is 1. The van der Waals surface area contributed by atoms with E-state index in [1.54, 1.807) is 4.90 Å². The Bertz CT molecular complexity index is 296. The van der Waals surface area contributed by atoms with Crippen molar-refractivity contribution in [3.8, 4) is 0 Å². The van der Waals surface area contributed by atoms with E-state index < -0.39 is 17.9 Å². The summed E-state index contributed by atoms with van der Waals surface area (Å²) in [6.45, 7) is 0.794. The minimum absolute atomic E-state index is 0.0505. The Labute approximate surface area is 97.4 Å². The number of morpholine rings is 1. The molecule has 3 N–H and O–H groups in total. The fraction of sp³-hybridized carbons (Fsp3) is 0.900. The molecule has 0 aromatic carbocycles. The molecule has 98 valence electrons. The number of nitrogens with zero attached hydrogens (tertiary/aromatic N) is 1. The molecule has 4 nitrogen and oxygen atoms in total.